The van der Waals surface area contributed by atoms with Gasteiger partial charge < -0.3 is 43.6 Å². The van der Waals surface area contributed by atoms with E-state index < -0.39 is 81.2 Å². The van der Waals surface area contributed by atoms with Crippen LogP contribution in [0.5, 0.6) is 0 Å². The smallest absolute Gasteiger partial charge is 0.339 e. The fourth-order valence-electron chi connectivity index (χ4n) is 17.5. The van der Waals surface area contributed by atoms with E-state index in [2.05, 4.69) is 29.4 Å². The molecule has 13 heteroatoms. The van der Waals surface area contributed by atoms with E-state index in [1.807, 2.05) is 26.8 Å². The number of rotatable bonds is 4. The monoisotopic (exact) mass is 830 g/mol. The number of aliphatic hydroxyl groups excluding tert-OH is 3. The first-order valence-corrected chi connectivity index (χ1v) is 23.1. The zero-order valence-electron chi connectivity index (χ0n) is 35.3. The van der Waals surface area contributed by atoms with Gasteiger partial charge in [0.05, 0.1) is 42.1 Å². The number of esters is 2. The number of ether oxygens (including phenoxy) is 4. The van der Waals surface area contributed by atoms with Crippen molar-refractivity contribution in [3.8, 4) is 0 Å². The number of furan rings is 1. The molecular weight excluding hydrogens is 769 g/mol. The standard InChI is InChI=1S/C47H62N2O11/c1-42(2)35-34(52)36(53)44(4)33(46(35)21-57-41(55)45(40(46)60-42)12-7-23(18-45)20-50)8-11-43(3)37(58-39(54)38-47(43,44)59-38)26-10-14-56-32(26)17-29-27-15-25-9-13-49-22-48-19-30(49)28(25)16-24(27)5-6-31(29)51/h9-10,13-14,23-25,27-31,33,35-38,40,48,50-51,53H,5-8,11-12,15-22H2,1-4H3. The minimum atomic E-state index is -1.48. The highest BCUT2D eigenvalue weighted by Crippen LogP contribution is 2.81. The molecule has 3 spiro atoms. The largest absolute Gasteiger partial charge is 0.469 e. The minimum Gasteiger partial charge on any atom is -0.469 e. The molecule has 11 aliphatic rings. The number of hydrogen-bond donors (Lipinski definition) is 4. The van der Waals surface area contributed by atoms with E-state index >= 15 is 4.79 Å². The lowest BCUT2D eigenvalue weighted by molar-refractivity contribution is -0.264. The molecule has 60 heavy (non-hydrogen) atoms. The molecule has 1 aromatic rings. The summed E-state index contributed by atoms with van der Waals surface area (Å²) in [7, 11) is 0. The topological polar surface area (TPSA) is 181 Å². The maximum Gasteiger partial charge on any atom is 0.339 e. The van der Waals surface area contributed by atoms with Crippen molar-refractivity contribution in [2.45, 2.75) is 140 Å². The Kier molecular flexibility index (Phi) is 8.07. The summed E-state index contributed by atoms with van der Waals surface area (Å²) in [4.78, 5) is 45.9. The van der Waals surface area contributed by atoms with E-state index in [0.29, 0.717) is 74.0 Å². The van der Waals surface area contributed by atoms with Gasteiger partial charge >= 0.3 is 11.9 Å². The molecule has 6 aliphatic heterocycles. The van der Waals surface area contributed by atoms with Gasteiger partial charge in [-0.1, -0.05) is 19.9 Å². The number of allylic oxidation sites excluding steroid dienone is 1. The molecule has 0 radical (unpaired) electrons. The van der Waals surface area contributed by atoms with E-state index in [-0.39, 0.29) is 36.8 Å². The fourth-order valence-corrected chi connectivity index (χ4v) is 17.5. The predicted molar refractivity (Wildman–Crippen MR) is 211 cm³/mol. The number of ketones is 1. The molecule has 7 heterocycles. The molecule has 326 valence electrons. The van der Waals surface area contributed by atoms with Gasteiger partial charge in [-0.3, -0.25) is 14.9 Å². The molecule has 0 bridgehead atoms. The second-order valence-corrected chi connectivity index (χ2v) is 22.4. The molecule has 0 aromatic carbocycles. The van der Waals surface area contributed by atoms with Crippen LogP contribution in [0.4, 0.5) is 0 Å². The fraction of sp³-hybridized carbons (Fsp3) is 0.809. The van der Waals surface area contributed by atoms with Crippen LogP contribution < -0.4 is 5.32 Å². The van der Waals surface area contributed by atoms with E-state index in [9.17, 15) is 24.9 Å². The summed E-state index contributed by atoms with van der Waals surface area (Å²) in [5, 5.41) is 38.2. The lowest BCUT2D eigenvalue weighted by Crippen LogP contribution is -2.77. The normalized spacial score (nSPS) is 54.1. The Morgan fingerprint density at radius 2 is 1.80 bits per heavy atom. The molecule has 19 atom stereocenters. The van der Waals surface area contributed by atoms with Crippen LogP contribution in [-0.4, -0.2) is 106 Å². The van der Waals surface area contributed by atoms with Crippen LogP contribution in [0.25, 0.3) is 0 Å². The summed E-state index contributed by atoms with van der Waals surface area (Å²) in [6, 6.07) is 2.43. The van der Waals surface area contributed by atoms with Gasteiger partial charge in [0.15, 0.2) is 11.9 Å². The first-order chi connectivity index (χ1) is 28.7. The van der Waals surface area contributed by atoms with Crippen molar-refractivity contribution in [3.63, 3.8) is 0 Å². The van der Waals surface area contributed by atoms with Gasteiger partial charge in [0.25, 0.3) is 0 Å². The number of epoxide rings is 1. The Morgan fingerprint density at radius 3 is 2.60 bits per heavy atom. The van der Waals surface area contributed by atoms with E-state index in [0.717, 1.165) is 44.5 Å². The van der Waals surface area contributed by atoms with Crippen LogP contribution in [0.2, 0.25) is 0 Å². The van der Waals surface area contributed by atoms with Crippen LogP contribution in [-0.2, 0) is 39.8 Å². The first-order valence-electron chi connectivity index (χ1n) is 23.1. The number of hydrogen-bond acceptors (Lipinski definition) is 13. The molecule has 10 fully saturated rings. The average Bonchev–Trinajstić information content (AvgIpc) is 3.60. The van der Waals surface area contributed by atoms with Crippen LogP contribution >= 0.6 is 0 Å². The van der Waals surface area contributed by atoms with Gasteiger partial charge in [-0.05, 0) is 125 Å². The molecule has 13 nitrogen and oxygen atoms in total. The van der Waals surface area contributed by atoms with E-state index in [1.165, 1.54) is 0 Å². The number of carbonyl (C=O) groups is 3. The van der Waals surface area contributed by atoms with E-state index in [4.69, 9.17) is 23.4 Å². The Labute approximate surface area is 351 Å². The van der Waals surface area contributed by atoms with Crippen molar-refractivity contribution in [2.24, 2.45) is 69.0 Å². The second kappa shape index (κ2) is 12.5. The Morgan fingerprint density at radius 1 is 0.967 bits per heavy atom. The van der Waals surface area contributed by atoms with Crippen molar-refractivity contribution in [1.82, 2.24) is 10.2 Å². The first kappa shape index (κ1) is 38.8. The van der Waals surface area contributed by atoms with Crippen molar-refractivity contribution in [2.75, 3.05) is 26.4 Å². The number of carbonyl (C=O) groups excluding carboxylic acids is 3. The van der Waals surface area contributed by atoms with Gasteiger partial charge in [0.1, 0.15) is 30.2 Å². The molecule has 0 amide bonds. The SMILES string of the molecule is CC1(C)OC2C3(CCC(CO)C3)C(=O)OCC23C1C(=O)C(O)C1(C)C3CCC2(C)C(c3ccoc3CC3C(O)CCC4CC5C(C=CN6CNCC56)CC43)OC(=O)C3OC321. The van der Waals surface area contributed by atoms with E-state index in [1.54, 1.807) is 6.26 Å². The minimum absolute atomic E-state index is 0.0132. The van der Waals surface area contributed by atoms with Gasteiger partial charge in [0.2, 0.25) is 0 Å². The number of cyclic esters (lactones) is 2. The summed E-state index contributed by atoms with van der Waals surface area (Å²) in [5.74, 6) is 0.153. The Hall–Kier alpha value is -2.81. The van der Waals surface area contributed by atoms with Crippen molar-refractivity contribution >= 4 is 17.7 Å². The summed E-state index contributed by atoms with van der Waals surface area (Å²) in [5.41, 5.74) is -5.68. The maximum atomic E-state index is 15.1. The highest BCUT2D eigenvalue weighted by atomic mass is 16.7. The molecule has 12 rings (SSSR count). The second-order valence-electron chi connectivity index (χ2n) is 22.4. The molecule has 5 saturated heterocycles. The van der Waals surface area contributed by atoms with Crippen LogP contribution in [0.3, 0.4) is 0 Å². The summed E-state index contributed by atoms with van der Waals surface area (Å²) in [6.07, 6.45) is 9.07. The Bertz CT molecular complexity index is 2050. The summed E-state index contributed by atoms with van der Waals surface area (Å²) in [6.45, 7) is 9.66. The number of nitrogens with zero attached hydrogens (tertiary/aromatic N) is 1. The zero-order chi connectivity index (χ0) is 41.5. The average molecular weight is 831 g/mol. The molecule has 1 aromatic heterocycles. The van der Waals surface area contributed by atoms with Crippen LogP contribution in [0.1, 0.15) is 103 Å². The van der Waals surface area contributed by atoms with Gasteiger partial charge in [-0.2, -0.15) is 0 Å². The van der Waals surface area contributed by atoms with Crippen molar-refractivity contribution in [1.29, 1.82) is 0 Å². The van der Waals surface area contributed by atoms with Crippen LogP contribution in [0.15, 0.2) is 29.0 Å². The Balaban J connectivity index is 0.902. The predicted octanol–water partition coefficient (Wildman–Crippen LogP) is 3.83. The van der Waals surface area contributed by atoms with Crippen LogP contribution in [0, 0.1) is 69.0 Å². The number of nitrogens with one attached hydrogen (secondary N) is 1. The molecule has 5 aliphatic carbocycles. The van der Waals surface area contributed by atoms with Crippen molar-refractivity contribution < 1.29 is 53.1 Å². The number of Topliss-reactive ketones (excluding diaryl/α,β-unsaturated/α-hetero) is 1. The summed E-state index contributed by atoms with van der Waals surface area (Å²) >= 11 is 0. The lowest BCUT2D eigenvalue weighted by Gasteiger charge is -2.67. The summed E-state index contributed by atoms with van der Waals surface area (Å²) < 4.78 is 32.8. The molecule has 4 N–H and O–H groups in total. The zero-order valence-corrected chi connectivity index (χ0v) is 35.3. The molecule has 19 unspecified atom stereocenters. The maximum absolute atomic E-state index is 15.1. The third-order valence-corrected chi connectivity index (χ3v) is 19.9. The third-order valence-electron chi connectivity index (χ3n) is 19.9. The third kappa shape index (κ3) is 4.48. The number of fused-ring (bicyclic) bond motifs is 6. The lowest BCUT2D eigenvalue weighted by atomic mass is 9.35. The number of aliphatic hydroxyl groups is 3. The highest BCUT2D eigenvalue weighted by Gasteiger charge is 2.91. The van der Waals surface area contributed by atoms with Gasteiger partial charge in [-0.25, -0.2) is 4.79 Å². The quantitative estimate of drug-likeness (QED) is 0.254. The highest BCUT2D eigenvalue weighted by molar-refractivity contribution is 5.92. The molecular formula is C47H62N2O11. The van der Waals surface area contributed by atoms with Crippen molar-refractivity contribution in [3.05, 3.63) is 35.9 Å². The van der Waals surface area contributed by atoms with Gasteiger partial charge in [0, 0.05) is 47.4 Å². The molecule has 5 saturated carbocycles. The van der Waals surface area contributed by atoms with Gasteiger partial charge in [-0.15, -0.1) is 0 Å².